The molecule has 0 spiro atoms. The van der Waals surface area contributed by atoms with Gasteiger partial charge in [-0.3, -0.25) is 4.68 Å². The fourth-order valence-electron chi connectivity index (χ4n) is 3.59. The Bertz CT molecular complexity index is 744. The molecule has 0 saturated carbocycles. The van der Waals surface area contributed by atoms with Gasteiger partial charge in [-0.05, 0) is 17.5 Å². The molecule has 1 aliphatic heterocycles. The lowest BCUT2D eigenvalue weighted by Crippen LogP contribution is -2.47. The van der Waals surface area contributed by atoms with Crippen molar-refractivity contribution in [2.75, 3.05) is 24.6 Å². The molecule has 0 bridgehead atoms. The van der Waals surface area contributed by atoms with Gasteiger partial charge in [-0.1, -0.05) is 24.3 Å². The number of urea groups is 1. The lowest BCUT2D eigenvalue weighted by molar-refractivity contribution is 0.181. The van der Waals surface area contributed by atoms with Gasteiger partial charge in [0.05, 0.1) is 12.2 Å². The number of thioether (sulfide) groups is 1. The molecule has 2 amide bonds. The van der Waals surface area contributed by atoms with E-state index in [1.807, 2.05) is 36.1 Å². The molecule has 24 heavy (non-hydrogen) atoms. The van der Waals surface area contributed by atoms with Crippen LogP contribution in [0.2, 0.25) is 0 Å². The maximum absolute atomic E-state index is 12.7. The molecule has 1 aromatic carbocycles. The number of aryl methyl sites for hydroxylation is 1. The van der Waals surface area contributed by atoms with Crippen LogP contribution in [0, 0.1) is 0 Å². The van der Waals surface area contributed by atoms with E-state index in [4.69, 9.17) is 0 Å². The van der Waals surface area contributed by atoms with Crippen LogP contribution in [0.4, 0.5) is 4.79 Å². The van der Waals surface area contributed by atoms with E-state index in [0.717, 1.165) is 36.6 Å². The summed E-state index contributed by atoms with van der Waals surface area (Å²) in [5.41, 5.74) is 3.92. The van der Waals surface area contributed by atoms with E-state index in [0.29, 0.717) is 5.92 Å². The third-order valence-corrected chi connectivity index (χ3v) is 5.98. The molecule has 5 nitrogen and oxygen atoms in total. The molecule has 6 heteroatoms. The van der Waals surface area contributed by atoms with E-state index in [1.54, 1.807) is 4.68 Å². The minimum absolute atomic E-state index is 0.0496. The molecule has 1 N–H and O–H groups in total. The predicted molar refractivity (Wildman–Crippen MR) is 96.3 cm³/mol. The first-order valence-corrected chi connectivity index (χ1v) is 9.56. The number of carbonyl (C=O) groups is 1. The number of carbonyl (C=O) groups excluding carboxylic acids is 1. The molecular weight excluding hydrogens is 320 g/mol. The largest absolute Gasteiger partial charge is 0.337 e. The van der Waals surface area contributed by atoms with Crippen molar-refractivity contribution in [1.82, 2.24) is 20.0 Å². The maximum Gasteiger partial charge on any atom is 0.317 e. The number of fused-ring (bicyclic) bond motifs is 1. The van der Waals surface area contributed by atoms with Crippen LogP contribution in [0.1, 0.15) is 28.7 Å². The van der Waals surface area contributed by atoms with Crippen LogP contribution in [-0.4, -0.2) is 45.3 Å². The topological polar surface area (TPSA) is 50.2 Å². The molecule has 1 fully saturated rings. The van der Waals surface area contributed by atoms with Crippen molar-refractivity contribution >= 4 is 17.8 Å². The third-order valence-electron chi connectivity index (χ3n) is 4.96. The van der Waals surface area contributed by atoms with Crippen LogP contribution >= 0.6 is 11.8 Å². The molecule has 4 rings (SSSR count). The minimum atomic E-state index is 0.0496. The number of amides is 2. The van der Waals surface area contributed by atoms with Crippen LogP contribution in [-0.2, 0) is 13.5 Å². The van der Waals surface area contributed by atoms with Crippen molar-refractivity contribution in [3.05, 3.63) is 53.3 Å². The van der Waals surface area contributed by atoms with Gasteiger partial charge in [0, 0.05) is 49.3 Å². The molecular formula is C18H22N4OS. The summed E-state index contributed by atoms with van der Waals surface area (Å²) in [6.45, 7) is 1.51. The van der Waals surface area contributed by atoms with Crippen LogP contribution < -0.4 is 5.32 Å². The molecule has 0 unspecified atom stereocenters. The minimum Gasteiger partial charge on any atom is -0.337 e. The van der Waals surface area contributed by atoms with Gasteiger partial charge in [0.2, 0.25) is 0 Å². The summed E-state index contributed by atoms with van der Waals surface area (Å²) in [4.78, 5) is 14.7. The first-order chi connectivity index (χ1) is 11.7. The summed E-state index contributed by atoms with van der Waals surface area (Å²) in [5, 5.41) is 7.41. The molecule has 2 atom stereocenters. The lowest BCUT2D eigenvalue weighted by atomic mass is 9.78. The molecule has 0 radical (unpaired) electrons. The number of aromatic nitrogens is 2. The predicted octanol–water partition coefficient (Wildman–Crippen LogP) is 2.56. The van der Waals surface area contributed by atoms with E-state index in [1.165, 1.54) is 11.1 Å². The van der Waals surface area contributed by atoms with Crippen LogP contribution in [0.5, 0.6) is 0 Å². The molecule has 1 saturated heterocycles. The fourth-order valence-corrected chi connectivity index (χ4v) is 4.68. The zero-order chi connectivity index (χ0) is 16.5. The summed E-state index contributed by atoms with van der Waals surface area (Å²) in [6.07, 6.45) is 4.95. The van der Waals surface area contributed by atoms with Gasteiger partial charge in [-0.2, -0.15) is 16.9 Å². The second kappa shape index (κ2) is 6.51. The van der Waals surface area contributed by atoms with Crippen molar-refractivity contribution in [2.45, 2.75) is 18.4 Å². The Hall–Kier alpha value is -1.95. The maximum atomic E-state index is 12.7. The molecule has 1 aliphatic carbocycles. The quantitative estimate of drug-likeness (QED) is 0.933. The van der Waals surface area contributed by atoms with E-state index < -0.39 is 0 Å². The Morgan fingerprint density at radius 1 is 1.42 bits per heavy atom. The Balaban J connectivity index is 1.39. The van der Waals surface area contributed by atoms with Crippen LogP contribution in [0.3, 0.4) is 0 Å². The highest BCUT2D eigenvalue weighted by atomic mass is 32.2. The van der Waals surface area contributed by atoms with Crippen molar-refractivity contribution in [3.8, 4) is 0 Å². The number of nitrogens with one attached hydrogen (secondary N) is 1. The summed E-state index contributed by atoms with van der Waals surface area (Å²) in [5.74, 6) is 2.39. The van der Waals surface area contributed by atoms with Gasteiger partial charge in [0.1, 0.15) is 0 Å². The van der Waals surface area contributed by atoms with Crippen molar-refractivity contribution in [2.24, 2.45) is 7.05 Å². The highest BCUT2D eigenvalue weighted by Gasteiger charge is 2.31. The average molecular weight is 342 g/mol. The number of hydrogen-bond donors (Lipinski definition) is 1. The highest BCUT2D eigenvalue weighted by Crippen LogP contribution is 2.34. The number of hydrogen-bond acceptors (Lipinski definition) is 3. The average Bonchev–Trinajstić information content (AvgIpc) is 3.02. The Kier molecular flexibility index (Phi) is 4.22. The summed E-state index contributed by atoms with van der Waals surface area (Å²) >= 11 is 1.90. The van der Waals surface area contributed by atoms with E-state index in [9.17, 15) is 4.79 Å². The van der Waals surface area contributed by atoms with Gasteiger partial charge >= 0.3 is 6.03 Å². The number of rotatable bonds is 3. The Labute approximate surface area is 146 Å². The van der Waals surface area contributed by atoms with Crippen LogP contribution in [0.15, 0.2) is 36.7 Å². The zero-order valence-electron chi connectivity index (χ0n) is 13.8. The molecule has 126 valence electrons. The van der Waals surface area contributed by atoms with E-state index in [2.05, 4.69) is 34.7 Å². The summed E-state index contributed by atoms with van der Waals surface area (Å²) in [6, 6.07) is 8.67. The summed E-state index contributed by atoms with van der Waals surface area (Å²) < 4.78 is 1.80. The van der Waals surface area contributed by atoms with E-state index >= 15 is 0 Å². The zero-order valence-corrected chi connectivity index (χ0v) is 14.6. The van der Waals surface area contributed by atoms with Gasteiger partial charge in [0.15, 0.2) is 0 Å². The van der Waals surface area contributed by atoms with Crippen LogP contribution in [0.25, 0.3) is 0 Å². The normalized spacial score (nSPS) is 22.6. The lowest BCUT2D eigenvalue weighted by Gasteiger charge is -2.36. The van der Waals surface area contributed by atoms with Crippen molar-refractivity contribution in [3.63, 3.8) is 0 Å². The third kappa shape index (κ3) is 2.90. The monoisotopic (exact) mass is 342 g/mol. The molecule has 1 aromatic heterocycles. The van der Waals surface area contributed by atoms with Gasteiger partial charge in [0.25, 0.3) is 0 Å². The van der Waals surface area contributed by atoms with Gasteiger partial charge < -0.3 is 10.2 Å². The van der Waals surface area contributed by atoms with Crippen molar-refractivity contribution < 1.29 is 4.79 Å². The number of benzene rings is 1. The second-order valence-electron chi connectivity index (χ2n) is 6.52. The van der Waals surface area contributed by atoms with E-state index in [-0.39, 0.29) is 12.1 Å². The molecule has 2 aliphatic rings. The smallest absolute Gasteiger partial charge is 0.317 e. The second-order valence-corrected chi connectivity index (χ2v) is 7.67. The summed E-state index contributed by atoms with van der Waals surface area (Å²) in [7, 11) is 1.91. The number of nitrogens with zero attached hydrogens (tertiary/aromatic N) is 3. The standard InChI is InChI=1S/C18H22N4OS/c1-21-11-15(10-20-21)17-12-24-7-6-22(17)18(23)19-9-14-8-13-4-2-3-5-16(13)14/h2-5,10-11,14,17H,6-9,12H2,1H3,(H,19,23)/t14-,17+/m1/s1. The van der Waals surface area contributed by atoms with Gasteiger partial charge in [-0.15, -0.1) is 0 Å². The fraction of sp³-hybridized carbons (Fsp3) is 0.444. The van der Waals surface area contributed by atoms with Crippen molar-refractivity contribution in [1.29, 1.82) is 0 Å². The SMILES string of the molecule is Cn1cc([C@@H]2CSCCN2C(=O)NC[C@H]2Cc3ccccc32)cn1. The first kappa shape index (κ1) is 15.6. The van der Waals surface area contributed by atoms with Gasteiger partial charge in [-0.25, -0.2) is 4.79 Å². The molecule has 2 aromatic rings. The highest BCUT2D eigenvalue weighted by molar-refractivity contribution is 7.99. The Morgan fingerprint density at radius 3 is 3.08 bits per heavy atom. The first-order valence-electron chi connectivity index (χ1n) is 8.41. The molecule has 2 heterocycles. The Morgan fingerprint density at radius 2 is 2.29 bits per heavy atom.